The predicted molar refractivity (Wildman–Crippen MR) is 110 cm³/mol. The molecule has 3 aliphatic rings. The molecule has 3 fully saturated rings. The fraction of sp³-hybridized carbons (Fsp3) is 0.682. The Morgan fingerprint density at radius 1 is 1.10 bits per heavy atom. The summed E-state index contributed by atoms with van der Waals surface area (Å²) in [6.07, 6.45) is 3.74. The van der Waals surface area contributed by atoms with E-state index in [1.807, 2.05) is 13.8 Å². The van der Waals surface area contributed by atoms with E-state index in [2.05, 4.69) is 24.1 Å². The van der Waals surface area contributed by atoms with Gasteiger partial charge >= 0.3 is 5.97 Å². The van der Waals surface area contributed by atoms with Crippen molar-refractivity contribution in [1.82, 2.24) is 10.3 Å². The first-order valence-corrected chi connectivity index (χ1v) is 12.2. The molecule has 2 N–H and O–H groups in total. The van der Waals surface area contributed by atoms with Gasteiger partial charge in [0.2, 0.25) is 0 Å². The lowest BCUT2D eigenvalue weighted by Crippen LogP contribution is -2.62. The molecule has 7 heteroatoms. The highest BCUT2D eigenvalue weighted by atomic mass is 32.2. The molecule has 1 aromatic rings. The van der Waals surface area contributed by atoms with E-state index < -0.39 is 10.0 Å². The largest absolute Gasteiger partial charge is 0.462 e. The molecule has 6 nitrogen and oxygen atoms in total. The van der Waals surface area contributed by atoms with Gasteiger partial charge in [-0.25, -0.2) is 13.8 Å². The number of esters is 1. The maximum absolute atomic E-state index is 12.7. The first-order valence-electron chi connectivity index (χ1n) is 10.7. The fourth-order valence-corrected chi connectivity index (χ4v) is 6.95. The van der Waals surface area contributed by atoms with Gasteiger partial charge in [-0.3, -0.25) is 4.79 Å². The van der Waals surface area contributed by atoms with Gasteiger partial charge in [-0.2, -0.15) is 0 Å². The maximum Gasteiger partial charge on any atom is 0.309 e. The molecule has 7 atom stereocenters. The zero-order chi connectivity index (χ0) is 21.0. The number of aryl methyl sites for hydroxylation is 1. The monoisotopic (exact) mass is 420 g/mol. The number of carbonyl (C=O) groups excluding carboxylic acids is 1. The Hall–Kier alpha value is -1.44. The van der Waals surface area contributed by atoms with Crippen molar-refractivity contribution in [3.8, 4) is 0 Å². The highest BCUT2D eigenvalue weighted by molar-refractivity contribution is 7.89. The van der Waals surface area contributed by atoms with Crippen LogP contribution >= 0.6 is 0 Å². The van der Waals surface area contributed by atoms with E-state index in [1.165, 1.54) is 0 Å². The summed E-state index contributed by atoms with van der Waals surface area (Å²) < 4.78 is 31.3. The maximum atomic E-state index is 12.7. The van der Waals surface area contributed by atoms with Crippen LogP contribution in [0.1, 0.15) is 52.0 Å². The second-order valence-corrected chi connectivity index (χ2v) is 11.3. The number of fused-ring (bicyclic) bond motifs is 3. The van der Waals surface area contributed by atoms with Crippen LogP contribution in [0, 0.1) is 36.0 Å². The van der Waals surface area contributed by atoms with E-state index in [0.717, 1.165) is 31.2 Å². The molecule has 0 bridgehead atoms. The molecule has 1 saturated heterocycles. The summed E-state index contributed by atoms with van der Waals surface area (Å²) in [4.78, 5) is 15.1. The smallest absolute Gasteiger partial charge is 0.309 e. The minimum atomic E-state index is -3.64. The Morgan fingerprint density at radius 2 is 1.79 bits per heavy atom. The van der Waals surface area contributed by atoms with Crippen molar-refractivity contribution in [2.75, 3.05) is 0 Å². The molecule has 2 saturated carbocycles. The molecule has 29 heavy (non-hydrogen) atoms. The quantitative estimate of drug-likeness (QED) is 0.577. The number of hydrazine groups is 1. The first kappa shape index (κ1) is 20.8. The second kappa shape index (κ2) is 7.36. The zero-order valence-electron chi connectivity index (χ0n) is 17.6. The normalized spacial score (nSPS) is 39.5. The summed E-state index contributed by atoms with van der Waals surface area (Å²) in [5, 5.41) is 0. The van der Waals surface area contributed by atoms with Gasteiger partial charge in [-0.05, 0) is 56.1 Å². The van der Waals surface area contributed by atoms with Crippen molar-refractivity contribution < 1.29 is 17.9 Å². The summed E-state index contributed by atoms with van der Waals surface area (Å²) in [6, 6.07) is 6.84. The number of benzene rings is 1. The van der Waals surface area contributed by atoms with Gasteiger partial charge in [0, 0.05) is 17.9 Å². The van der Waals surface area contributed by atoms with Crippen molar-refractivity contribution in [3.63, 3.8) is 0 Å². The van der Waals surface area contributed by atoms with Crippen molar-refractivity contribution in [3.05, 3.63) is 29.8 Å². The molecule has 0 spiro atoms. The minimum absolute atomic E-state index is 0.000480. The van der Waals surface area contributed by atoms with Gasteiger partial charge in [0.25, 0.3) is 10.0 Å². The molecule has 2 aliphatic carbocycles. The summed E-state index contributed by atoms with van der Waals surface area (Å²) >= 11 is 0. The number of ether oxygens (including phenoxy) is 1. The summed E-state index contributed by atoms with van der Waals surface area (Å²) in [5.74, 6) is 0.852. The van der Waals surface area contributed by atoms with Gasteiger partial charge in [0.05, 0.1) is 10.8 Å². The van der Waals surface area contributed by atoms with Crippen molar-refractivity contribution in [2.45, 2.75) is 70.4 Å². The van der Waals surface area contributed by atoms with Gasteiger partial charge in [0.15, 0.2) is 0 Å². The molecule has 1 heterocycles. The first-order chi connectivity index (χ1) is 13.6. The lowest BCUT2D eigenvalue weighted by atomic mass is 9.51. The van der Waals surface area contributed by atoms with Crippen LogP contribution in [0.25, 0.3) is 0 Å². The van der Waals surface area contributed by atoms with Crippen LogP contribution in [-0.2, 0) is 19.6 Å². The number of hydrogen-bond donors (Lipinski definition) is 2. The van der Waals surface area contributed by atoms with E-state index in [-0.39, 0.29) is 46.2 Å². The van der Waals surface area contributed by atoms with E-state index >= 15 is 0 Å². The van der Waals surface area contributed by atoms with E-state index in [0.29, 0.717) is 5.92 Å². The van der Waals surface area contributed by atoms with Gasteiger partial charge in [-0.15, -0.1) is 4.83 Å². The summed E-state index contributed by atoms with van der Waals surface area (Å²) in [6.45, 7) is 8.39. The van der Waals surface area contributed by atoms with Gasteiger partial charge in [0.1, 0.15) is 6.10 Å². The molecule has 1 aromatic carbocycles. The Labute approximate surface area is 173 Å². The fourth-order valence-electron chi connectivity index (χ4n) is 6.04. The number of sulfonamides is 1. The third-order valence-electron chi connectivity index (χ3n) is 7.84. The molecule has 1 aliphatic heterocycles. The molecular weight excluding hydrogens is 388 g/mol. The van der Waals surface area contributed by atoms with Gasteiger partial charge in [-0.1, -0.05) is 38.5 Å². The van der Waals surface area contributed by atoms with Crippen LogP contribution in [-0.4, -0.2) is 26.5 Å². The van der Waals surface area contributed by atoms with Crippen molar-refractivity contribution in [1.29, 1.82) is 0 Å². The number of carbonyl (C=O) groups is 1. The molecule has 4 rings (SSSR count). The Morgan fingerprint density at radius 3 is 2.48 bits per heavy atom. The zero-order valence-corrected chi connectivity index (χ0v) is 18.5. The standard InChI is InChI=1S/C22H32N2O4S/c1-13-5-8-16(9-6-13)29(26,27)24-23-18-10-7-14(2)19-20-17(11-12-22(18,19)4)15(3)21(25)28-20/h5-6,8-9,14-15,17-20,23-24H,7,10-12H2,1-4H3/t14-,15-,17-,18?,19?,20-,22-/m0/s1. The van der Waals surface area contributed by atoms with E-state index in [4.69, 9.17) is 4.74 Å². The average Bonchev–Trinajstić information content (AvgIpc) is 2.95. The molecule has 0 radical (unpaired) electrons. The van der Waals surface area contributed by atoms with Gasteiger partial charge < -0.3 is 4.74 Å². The molecule has 0 aromatic heterocycles. The van der Waals surface area contributed by atoms with Crippen LogP contribution in [0.5, 0.6) is 0 Å². The highest BCUT2D eigenvalue weighted by Crippen LogP contribution is 2.57. The molecule has 0 amide bonds. The van der Waals surface area contributed by atoms with E-state index in [9.17, 15) is 13.2 Å². The lowest BCUT2D eigenvalue weighted by molar-refractivity contribution is -0.155. The third-order valence-corrected chi connectivity index (χ3v) is 9.12. The topological polar surface area (TPSA) is 84.5 Å². The SMILES string of the molecule is Cc1ccc(S(=O)(=O)NNC2CC[C@H](C)C3[C@H]4OC(=O)[C@@H](C)[C@@H]4CC[C@@]23C)cc1. The minimum Gasteiger partial charge on any atom is -0.462 e. The lowest BCUT2D eigenvalue weighted by Gasteiger charge is -2.56. The van der Waals surface area contributed by atoms with Crippen molar-refractivity contribution >= 4 is 16.0 Å². The van der Waals surface area contributed by atoms with Crippen LogP contribution in [0.3, 0.4) is 0 Å². The summed E-state index contributed by atoms with van der Waals surface area (Å²) in [5.41, 5.74) is 4.05. The molecule has 2 unspecified atom stereocenters. The van der Waals surface area contributed by atoms with Crippen LogP contribution < -0.4 is 10.3 Å². The van der Waals surface area contributed by atoms with Crippen LogP contribution in [0.15, 0.2) is 29.2 Å². The Bertz CT molecular complexity index is 885. The highest BCUT2D eigenvalue weighted by Gasteiger charge is 2.59. The third kappa shape index (κ3) is 3.51. The van der Waals surface area contributed by atoms with Crippen LogP contribution in [0.2, 0.25) is 0 Å². The molecule has 160 valence electrons. The predicted octanol–water partition coefficient (Wildman–Crippen LogP) is 3.17. The number of hydrogen-bond acceptors (Lipinski definition) is 5. The number of rotatable bonds is 4. The number of nitrogens with one attached hydrogen (secondary N) is 2. The Kier molecular flexibility index (Phi) is 5.28. The average molecular weight is 421 g/mol. The summed E-state index contributed by atoms with van der Waals surface area (Å²) in [7, 11) is -3.64. The van der Waals surface area contributed by atoms with E-state index in [1.54, 1.807) is 24.3 Å². The Balaban J connectivity index is 1.53. The van der Waals surface area contributed by atoms with Crippen molar-refractivity contribution in [2.24, 2.45) is 29.1 Å². The second-order valence-electron chi connectivity index (χ2n) is 9.59. The van der Waals surface area contributed by atoms with Crippen LogP contribution in [0.4, 0.5) is 0 Å². The molecular formula is C22H32N2O4S.